The fraction of sp³-hybridized carbons (Fsp3) is 1.00. The summed E-state index contributed by atoms with van der Waals surface area (Å²) in [6, 6.07) is 0. The van der Waals surface area contributed by atoms with Gasteiger partial charge in [-0.15, -0.1) is 0 Å². The molecule has 4 nitrogen and oxygen atoms in total. The second-order valence-corrected chi connectivity index (χ2v) is 5.77. The Morgan fingerprint density at radius 2 is 1.05 bits per heavy atom. The Kier molecular flexibility index (Phi) is 16.8. The van der Waals surface area contributed by atoms with Crippen LogP contribution in [0.5, 0.6) is 0 Å². The van der Waals surface area contributed by atoms with E-state index in [1.165, 1.54) is 51.4 Å². The first kappa shape index (κ1) is 19.8. The van der Waals surface area contributed by atoms with E-state index in [9.17, 15) is 0 Å². The van der Waals surface area contributed by atoms with Gasteiger partial charge in [0, 0.05) is 19.8 Å². The van der Waals surface area contributed by atoms with Gasteiger partial charge in [-0.3, -0.25) is 0 Å². The second-order valence-electron chi connectivity index (χ2n) is 5.77. The van der Waals surface area contributed by atoms with Crippen molar-refractivity contribution in [1.29, 1.82) is 0 Å². The maximum atomic E-state index is 8.94. The van der Waals surface area contributed by atoms with E-state index in [1.54, 1.807) is 0 Å². The summed E-state index contributed by atoms with van der Waals surface area (Å²) in [6.45, 7) is 1.20. The molecule has 0 saturated carbocycles. The van der Waals surface area contributed by atoms with Gasteiger partial charge in [0.15, 0.2) is 0 Å². The molecule has 0 bridgehead atoms. The average molecular weight is 289 g/mol. The lowest BCUT2D eigenvalue weighted by Gasteiger charge is -2.13. The minimum Gasteiger partial charge on any atom is -0.396 e. The molecular weight excluding hydrogens is 254 g/mol. The van der Waals surface area contributed by atoms with Crippen molar-refractivity contribution in [3.63, 3.8) is 0 Å². The summed E-state index contributed by atoms with van der Waals surface area (Å²) < 4.78 is 0. The molecule has 0 amide bonds. The number of aliphatic hydroxyl groups excluding tert-OH is 2. The van der Waals surface area contributed by atoms with Crippen molar-refractivity contribution in [2.75, 3.05) is 19.8 Å². The maximum absolute atomic E-state index is 8.94. The van der Waals surface area contributed by atoms with Gasteiger partial charge >= 0.3 is 0 Å². The predicted octanol–water partition coefficient (Wildman–Crippen LogP) is 3.25. The highest BCUT2D eigenvalue weighted by atomic mass is 16.5. The normalized spacial score (nSPS) is 11.4. The van der Waals surface area contributed by atoms with Crippen LogP contribution in [0.1, 0.15) is 77.0 Å². The summed E-state index contributed by atoms with van der Waals surface area (Å²) in [5.41, 5.74) is 2.19. The Morgan fingerprint density at radius 3 is 1.50 bits per heavy atom. The van der Waals surface area contributed by atoms with Crippen LogP contribution in [0.2, 0.25) is 0 Å². The van der Waals surface area contributed by atoms with Gasteiger partial charge in [-0.25, -0.2) is 5.48 Å². The van der Waals surface area contributed by atoms with Crippen LogP contribution in [0.15, 0.2) is 0 Å². The SMILES string of the molecule is OCCC(CCO)CCCCCCCCCCCNO. The molecule has 122 valence electrons. The smallest absolute Gasteiger partial charge is 0.0433 e. The number of nitrogens with one attached hydrogen (secondary N) is 1. The molecule has 0 atom stereocenters. The molecule has 0 aromatic heterocycles. The van der Waals surface area contributed by atoms with E-state index in [1.807, 2.05) is 0 Å². The van der Waals surface area contributed by atoms with Gasteiger partial charge in [0.1, 0.15) is 0 Å². The van der Waals surface area contributed by atoms with Crippen LogP contribution in [-0.2, 0) is 0 Å². The predicted molar refractivity (Wildman–Crippen MR) is 82.9 cm³/mol. The molecule has 0 spiro atoms. The molecule has 0 fully saturated rings. The third kappa shape index (κ3) is 14.3. The molecule has 4 N–H and O–H groups in total. The van der Waals surface area contributed by atoms with E-state index >= 15 is 0 Å². The zero-order valence-corrected chi connectivity index (χ0v) is 13.0. The van der Waals surface area contributed by atoms with Gasteiger partial charge in [0.25, 0.3) is 0 Å². The molecule has 0 aliphatic rings. The number of rotatable bonds is 16. The van der Waals surface area contributed by atoms with Gasteiger partial charge in [-0.1, -0.05) is 57.8 Å². The quantitative estimate of drug-likeness (QED) is 0.260. The van der Waals surface area contributed by atoms with Crippen molar-refractivity contribution >= 4 is 0 Å². The molecule has 0 aromatic rings. The number of hydroxylamine groups is 1. The van der Waals surface area contributed by atoms with Crippen LogP contribution in [0, 0.1) is 5.92 Å². The largest absolute Gasteiger partial charge is 0.396 e. The molecule has 0 aliphatic heterocycles. The van der Waals surface area contributed by atoms with E-state index in [-0.39, 0.29) is 13.2 Å². The summed E-state index contributed by atoms with van der Waals surface area (Å²) in [4.78, 5) is 0. The molecule has 0 saturated heterocycles. The third-order valence-corrected chi connectivity index (χ3v) is 3.98. The van der Waals surface area contributed by atoms with E-state index < -0.39 is 0 Å². The first-order valence-electron chi connectivity index (χ1n) is 8.43. The van der Waals surface area contributed by atoms with Crippen molar-refractivity contribution in [2.45, 2.75) is 77.0 Å². The minimum absolute atomic E-state index is 0.246. The van der Waals surface area contributed by atoms with Crippen molar-refractivity contribution in [2.24, 2.45) is 5.92 Å². The number of unbranched alkanes of at least 4 members (excludes halogenated alkanes) is 8. The highest BCUT2D eigenvalue weighted by Crippen LogP contribution is 2.18. The van der Waals surface area contributed by atoms with Crippen LogP contribution in [0.4, 0.5) is 0 Å². The summed E-state index contributed by atoms with van der Waals surface area (Å²) >= 11 is 0. The molecule has 0 radical (unpaired) electrons. The van der Waals surface area contributed by atoms with Gasteiger partial charge in [-0.2, -0.15) is 0 Å². The third-order valence-electron chi connectivity index (χ3n) is 3.98. The van der Waals surface area contributed by atoms with E-state index in [2.05, 4.69) is 5.48 Å². The lowest BCUT2D eigenvalue weighted by atomic mass is 9.94. The van der Waals surface area contributed by atoms with Crippen LogP contribution >= 0.6 is 0 Å². The Balaban J connectivity index is 3.18. The van der Waals surface area contributed by atoms with E-state index in [0.29, 0.717) is 12.5 Å². The molecule has 0 unspecified atom stereocenters. The van der Waals surface area contributed by atoms with Gasteiger partial charge in [-0.05, 0) is 25.2 Å². The maximum Gasteiger partial charge on any atom is 0.0433 e. The van der Waals surface area contributed by atoms with Crippen molar-refractivity contribution in [3.8, 4) is 0 Å². The minimum atomic E-state index is 0.246. The molecule has 20 heavy (non-hydrogen) atoms. The van der Waals surface area contributed by atoms with E-state index in [4.69, 9.17) is 15.4 Å². The topological polar surface area (TPSA) is 72.7 Å². The fourth-order valence-electron chi connectivity index (χ4n) is 2.67. The molecule has 0 aliphatic carbocycles. The summed E-state index contributed by atoms with van der Waals surface area (Å²) in [5, 5.41) is 26.3. The number of aliphatic hydroxyl groups is 2. The zero-order valence-electron chi connectivity index (χ0n) is 13.0. The number of hydrogen-bond acceptors (Lipinski definition) is 4. The first-order valence-corrected chi connectivity index (χ1v) is 8.43. The summed E-state index contributed by atoms with van der Waals surface area (Å²) in [7, 11) is 0. The lowest BCUT2D eigenvalue weighted by Crippen LogP contribution is -2.07. The average Bonchev–Trinajstić information content (AvgIpc) is 2.45. The Morgan fingerprint density at radius 1 is 0.600 bits per heavy atom. The molecule has 0 heterocycles. The molecule has 0 rings (SSSR count). The molecular formula is C16H35NO3. The Bertz CT molecular complexity index is 173. The monoisotopic (exact) mass is 289 g/mol. The fourth-order valence-corrected chi connectivity index (χ4v) is 2.67. The van der Waals surface area contributed by atoms with Crippen molar-refractivity contribution < 1.29 is 15.4 Å². The van der Waals surface area contributed by atoms with Crippen molar-refractivity contribution in [1.82, 2.24) is 5.48 Å². The summed E-state index contributed by atoms with van der Waals surface area (Å²) in [5.74, 6) is 0.505. The highest BCUT2D eigenvalue weighted by Gasteiger charge is 2.06. The van der Waals surface area contributed by atoms with Crippen LogP contribution in [-0.4, -0.2) is 35.2 Å². The number of hydrogen-bond donors (Lipinski definition) is 4. The Hall–Kier alpha value is -0.160. The second kappa shape index (κ2) is 16.9. The molecule has 4 heteroatoms. The van der Waals surface area contributed by atoms with Crippen LogP contribution in [0.3, 0.4) is 0 Å². The van der Waals surface area contributed by atoms with Crippen LogP contribution in [0.25, 0.3) is 0 Å². The summed E-state index contributed by atoms with van der Waals surface area (Å²) in [6.07, 6.45) is 14.1. The van der Waals surface area contributed by atoms with Crippen LogP contribution < -0.4 is 5.48 Å². The standard InChI is InChI=1S/C16H35NO3/c18-14-11-16(12-15-19)10-8-6-4-2-1-3-5-7-9-13-17-20/h16-20H,1-15H2. The van der Waals surface area contributed by atoms with Crippen molar-refractivity contribution in [3.05, 3.63) is 0 Å². The van der Waals surface area contributed by atoms with E-state index in [0.717, 1.165) is 25.7 Å². The lowest BCUT2D eigenvalue weighted by molar-refractivity contribution is 0.164. The van der Waals surface area contributed by atoms with Gasteiger partial charge in [0.05, 0.1) is 0 Å². The first-order chi connectivity index (χ1) is 9.85. The molecule has 0 aromatic carbocycles. The van der Waals surface area contributed by atoms with Gasteiger partial charge in [0.2, 0.25) is 0 Å². The highest BCUT2D eigenvalue weighted by molar-refractivity contribution is 4.59. The zero-order chi connectivity index (χ0) is 14.9. The van der Waals surface area contributed by atoms with Gasteiger partial charge < -0.3 is 15.4 Å². The Labute approximate surface area is 124 Å².